The van der Waals surface area contributed by atoms with Crippen molar-refractivity contribution < 1.29 is 4.42 Å². The fourth-order valence-electron chi connectivity index (χ4n) is 2.45. The summed E-state index contributed by atoms with van der Waals surface area (Å²) >= 11 is 0. The smallest absolute Gasteiger partial charge is 0.136 e. The first kappa shape index (κ1) is 10.7. The minimum absolute atomic E-state index is 0.595. The van der Waals surface area contributed by atoms with Crippen LogP contribution in [0.5, 0.6) is 0 Å². The van der Waals surface area contributed by atoms with Crippen molar-refractivity contribution in [3.8, 4) is 0 Å². The number of benzene rings is 1. The lowest BCUT2D eigenvalue weighted by Crippen LogP contribution is -2.39. The summed E-state index contributed by atoms with van der Waals surface area (Å²) in [5.41, 5.74) is 2.06. The van der Waals surface area contributed by atoms with E-state index in [0.717, 1.165) is 24.4 Å². The Morgan fingerprint density at radius 3 is 3.12 bits per heavy atom. The van der Waals surface area contributed by atoms with Crippen molar-refractivity contribution in [2.75, 3.05) is 18.4 Å². The first-order valence-corrected chi connectivity index (χ1v) is 6.37. The van der Waals surface area contributed by atoms with Crippen LogP contribution in [0.1, 0.15) is 19.3 Å². The van der Waals surface area contributed by atoms with Crippen LogP contribution in [0, 0.1) is 0 Å². The molecule has 1 aliphatic rings. The number of rotatable bonds is 3. The van der Waals surface area contributed by atoms with Crippen LogP contribution >= 0.6 is 0 Å². The third-order valence-corrected chi connectivity index (χ3v) is 3.43. The predicted molar refractivity (Wildman–Crippen MR) is 70.3 cm³/mol. The van der Waals surface area contributed by atoms with Crippen LogP contribution in [0.3, 0.4) is 0 Å². The molecule has 3 nitrogen and oxygen atoms in total. The van der Waals surface area contributed by atoms with Crippen LogP contribution in [-0.4, -0.2) is 19.1 Å². The van der Waals surface area contributed by atoms with Gasteiger partial charge >= 0.3 is 0 Å². The van der Waals surface area contributed by atoms with Crippen LogP contribution in [0.4, 0.5) is 5.69 Å². The molecule has 0 saturated carbocycles. The number of furan rings is 1. The maximum atomic E-state index is 5.51. The third-order valence-electron chi connectivity index (χ3n) is 3.43. The van der Waals surface area contributed by atoms with Gasteiger partial charge in [-0.2, -0.15) is 0 Å². The van der Waals surface area contributed by atoms with Crippen LogP contribution < -0.4 is 10.6 Å². The molecule has 90 valence electrons. The van der Waals surface area contributed by atoms with E-state index in [1.807, 2.05) is 24.5 Å². The van der Waals surface area contributed by atoms with Gasteiger partial charge in [0.15, 0.2) is 0 Å². The number of hydrogen-bond donors (Lipinski definition) is 2. The van der Waals surface area contributed by atoms with Gasteiger partial charge in [-0.1, -0.05) is 18.6 Å². The van der Waals surface area contributed by atoms with E-state index in [2.05, 4.69) is 16.7 Å². The molecule has 1 unspecified atom stereocenters. The number of hydrogen-bond acceptors (Lipinski definition) is 3. The van der Waals surface area contributed by atoms with Gasteiger partial charge in [0.05, 0.1) is 5.69 Å². The second-order valence-corrected chi connectivity index (χ2v) is 4.67. The zero-order valence-electron chi connectivity index (χ0n) is 9.91. The van der Waals surface area contributed by atoms with E-state index in [4.69, 9.17) is 4.42 Å². The zero-order valence-corrected chi connectivity index (χ0v) is 9.91. The Morgan fingerprint density at radius 2 is 2.24 bits per heavy atom. The minimum atomic E-state index is 0.595. The summed E-state index contributed by atoms with van der Waals surface area (Å²) < 4.78 is 5.51. The average Bonchev–Trinajstić information content (AvgIpc) is 2.81. The van der Waals surface area contributed by atoms with Crippen molar-refractivity contribution in [2.45, 2.75) is 25.3 Å². The molecule has 0 bridgehead atoms. The quantitative estimate of drug-likeness (QED) is 0.851. The normalized spacial score (nSPS) is 20.6. The molecule has 17 heavy (non-hydrogen) atoms. The topological polar surface area (TPSA) is 37.2 Å². The Bertz CT molecular complexity index is 486. The number of nitrogens with one attached hydrogen (secondary N) is 2. The highest BCUT2D eigenvalue weighted by Gasteiger charge is 2.13. The van der Waals surface area contributed by atoms with E-state index < -0.39 is 0 Å². The average molecular weight is 230 g/mol. The van der Waals surface area contributed by atoms with E-state index in [-0.39, 0.29) is 0 Å². The first-order chi connectivity index (χ1) is 8.43. The van der Waals surface area contributed by atoms with Crippen LogP contribution in [-0.2, 0) is 0 Å². The molecule has 2 heterocycles. The van der Waals surface area contributed by atoms with E-state index in [0.29, 0.717) is 6.04 Å². The lowest BCUT2D eigenvalue weighted by Gasteiger charge is -2.23. The third kappa shape index (κ3) is 2.29. The first-order valence-electron chi connectivity index (χ1n) is 6.37. The van der Waals surface area contributed by atoms with Crippen molar-refractivity contribution in [2.24, 2.45) is 0 Å². The summed E-state index contributed by atoms with van der Waals surface area (Å²) in [7, 11) is 0. The molecule has 3 heteroatoms. The van der Waals surface area contributed by atoms with Crippen molar-refractivity contribution >= 4 is 16.7 Å². The lowest BCUT2D eigenvalue weighted by atomic mass is 10.1. The fourth-order valence-corrected chi connectivity index (χ4v) is 2.45. The fraction of sp³-hybridized carbons (Fsp3) is 0.429. The Hall–Kier alpha value is -1.48. The van der Waals surface area contributed by atoms with Crippen LogP contribution in [0.2, 0.25) is 0 Å². The predicted octanol–water partition coefficient (Wildman–Crippen LogP) is 2.99. The van der Waals surface area contributed by atoms with Crippen LogP contribution in [0.15, 0.2) is 34.9 Å². The molecule has 1 atom stereocenters. The highest BCUT2D eigenvalue weighted by Crippen LogP contribution is 2.25. The van der Waals surface area contributed by atoms with Gasteiger partial charge in [-0.25, -0.2) is 0 Å². The molecule has 1 fully saturated rings. The van der Waals surface area contributed by atoms with Gasteiger partial charge in [0, 0.05) is 18.0 Å². The van der Waals surface area contributed by atoms with Crippen molar-refractivity contribution in [1.29, 1.82) is 0 Å². The molecular weight excluding hydrogens is 212 g/mol. The highest BCUT2D eigenvalue weighted by molar-refractivity contribution is 5.90. The second-order valence-electron chi connectivity index (χ2n) is 4.67. The number of anilines is 1. The molecule has 2 N–H and O–H groups in total. The van der Waals surface area contributed by atoms with E-state index >= 15 is 0 Å². The molecule has 0 amide bonds. The standard InChI is InChI=1S/C14H18N2O/c1-2-7-14-12(6-1)13(10-17-14)16-9-11-5-3-4-8-15-11/h1-2,6-7,10-11,15-16H,3-5,8-9H2. The highest BCUT2D eigenvalue weighted by atomic mass is 16.3. The molecule has 0 aliphatic carbocycles. The summed E-state index contributed by atoms with van der Waals surface area (Å²) in [6.07, 6.45) is 5.73. The number of fused-ring (bicyclic) bond motifs is 1. The lowest BCUT2D eigenvalue weighted by molar-refractivity contribution is 0.414. The monoisotopic (exact) mass is 230 g/mol. The zero-order chi connectivity index (χ0) is 11.5. The van der Waals surface area contributed by atoms with Gasteiger partial charge in [0.25, 0.3) is 0 Å². The Labute approximate surface area is 101 Å². The summed E-state index contributed by atoms with van der Waals surface area (Å²) in [6, 6.07) is 8.73. The van der Waals surface area contributed by atoms with E-state index in [1.54, 1.807) is 0 Å². The largest absolute Gasteiger partial charge is 0.462 e. The van der Waals surface area contributed by atoms with Crippen molar-refractivity contribution in [3.63, 3.8) is 0 Å². The molecule has 0 radical (unpaired) electrons. The van der Waals surface area contributed by atoms with Gasteiger partial charge in [-0.05, 0) is 31.5 Å². The van der Waals surface area contributed by atoms with E-state index in [1.165, 1.54) is 24.6 Å². The van der Waals surface area contributed by atoms with Crippen molar-refractivity contribution in [3.05, 3.63) is 30.5 Å². The molecule has 1 aromatic carbocycles. The molecule has 0 spiro atoms. The molecular formula is C14H18N2O. The Kier molecular flexibility index (Phi) is 3.01. The van der Waals surface area contributed by atoms with Gasteiger partial charge in [-0.3, -0.25) is 0 Å². The molecule has 3 rings (SSSR count). The molecule has 2 aromatic rings. The Balaban J connectivity index is 1.68. The summed E-state index contributed by atoms with van der Waals surface area (Å²) in [5.74, 6) is 0. The van der Waals surface area contributed by atoms with Crippen LogP contribution in [0.25, 0.3) is 11.0 Å². The number of piperidine rings is 1. The molecule has 1 aliphatic heterocycles. The minimum Gasteiger partial charge on any atom is -0.462 e. The summed E-state index contributed by atoms with van der Waals surface area (Å²) in [5, 5.41) is 8.19. The molecule has 1 aromatic heterocycles. The van der Waals surface area contributed by atoms with Gasteiger partial charge in [0.1, 0.15) is 11.8 Å². The van der Waals surface area contributed by atoms with Crippen molar-refractivity contribution in [1.82, 2.24) is 5.32 Å². The van der Waals surface area contributed by atoms with Gasteiger partial charge in [-0.15, -0.1) is 0 Å². The SMILES string of the molecule is c1ccc2c(NCC3CCCCN3)coc2c1. The summed E-state index contributed by atoms with van der Waals surface area (Å²) in [6.45, 7) is 2.13. The Morgan fingerprint density at radius 1 is 1.29 bits per heavy atom. The number of para-hydroxylation sites is 1. The van der Waals surface area contributed by atoms with E-state index in [9.17, 15) is 0 Å². The molecule has 1 saturated heterocycles. The van der Waals surface area contributed by atoms with Gasteiger partial charge < -0.3 is 15.1 Å². The second kappa shape index (κ2) is 4.80. The maximum Gasteiger partial charge on any atom is 0.136 e. The maximum absolute atomic E-state index is 5.51. The summed E-state index contributed by atoms with van der Waals surface area (Å²) in [4.78, 5) is 0. The van der Waals surface area contributed by atoms with Gasteiger partial charge in [0.2, 0.25) is 0 Å².